The van der Waals surface area contributed by atoms with E-state index >= 15 is 0 Å². The number of carbonyl (C=O) groups excluding carboxylic acids is 1. The fraction of sp³-hybridized carbons (Fsp3) is 0.188. The van der Waals surface area contributed by atoms with Crippen molar-refractivity contribution in [1.29, 1.82) is 0 Å². The summed E-state index contributed by atoms with van der Waals surface area (Å²) in [6, 6.07) is 14.4. The van der Waals surface area contributed by atoms with Gasteiger partial charge in [-0.3, -0.25) is 4.79 Å². The number of carbonyl (C=O) groups is 1. The predicted molar refractivity (Wildman–Crippen MR) is 84.8 cm³/mol. The summed E-state index contributed by atoms with van der Waals surface area (Å²) in [4.78, 5) is 12.0. The zero-order valence-corrected chi connectivity index (χ0v) is 12.3. The van der Waals surface area contributed by atoms with E-state index in [9.17, 15) is 4.79 Å². The van der Waals surface area contributed by atoms with Gasteiger partial charge < -0.3 is 15.8 Å². The van der Waals surface area contributed by atoms with Crippen LogP contribution in [-0.4, -0.2) is 19.1 Å². The van der Waals surface area contributed by atoms with E-state index in [-0.39, 0.29) is 5.91 Å². The fourth-order valence-electron chi connectivity index (χ4n) is 1.83. The van der Waals surface area contributed by atoms with E-state index < -0.39 is 0 Å². The van der Waals surface area contributed by atoms with E-state index in [4.69, 9.17) is 22.1 Å². The molecule has 0 aromatic heterocycles. The Balaban J connectivity index is 1.94. The number of hydrogen-bond acceptors (Lipinski definition) is 3. The highest BCUT2D eigenvalue weighted by Crippen LogP contribution is 2.17. The van der Waals surface area contributed by atoms with Crippen molar-refractivity contribution in [2.24, 2.45) is 5.73 Å². The molecule has 0 aliphatic rings. The van der Waals surface area contributed by atoms with E-state index in [1.54, 1.807) is 18.2 Å². The molecule has 110 valence electrons. The molecule has 4 nitrogen and oxygen atoms in total. The van der Waals surface area contributed by atoms with Gasteiger partial charge in [0.15, 0.2) is 0 Å². The number of nitrogens with one attached hydrogen (secondary N) is 1. The quantitative estimate of drug-likeness (QED) is 0.862. The van der Waals surface area contributed by atoms with Crippen molar-refractivity contribution in [2.45, 2.75) is 6.42 Å². The van der Waals surface area contributed by atoms with Crippen molar-refractivity contribution in [3.05, 3.63) is 59.1 Å². The molecular formula is C16H17ClN2O2. The van der Waals surface area contributed by atoms with Crippen LogP contribution in [0.4, 0.5) is 5.69 Å². The molecule has 2 aromatic rings. The first-order chi connectivity index (χ1) is 10.2. The van der Waals surface area contributed by atoms with Gasteiger partial charge in [-0.1, -0.05) is 29.8 Å². The van der Waals surface area contributed by atoms with Crippen molar-refractivity contribution in [2.75, 3.05) is 18.5 Å². The van der Waals surface area contributed by atoms with Gasteiger partial charge in [0.05, 0.1) is 6.42 Å². The number of nitrogens with two attached hydrogens (primary N) is 1. The Labute approximate surface area is 128 Å². The average Bonchev–Trinajstić information content (AvgIpc) is 2.48. The third-order valence-corrected chi connectivity index (χ3v) is 3.03. The van der Waals surface area contributed by atoms with Crippen molar-refractivity contribution < 1.29 is 9.53 Å². The van der Waals surface area contributed by atoms with E-state index in [0.29, 0.717) is 36.0 Å². The maximum Gasteiger partial charge on any atom is 0.228 e. The SMILES string of the molecule is NCCOc1cccc(NC(=O)Cc2ccc(Cl)cc2)c1. The molecule has 0 aliphatic carbocycles. The molecule has 3 N–H and O–H groups in total. The minimum atomic E-state index is -0.0895. The molecule has 0 fully saturated rings. The van der Waals surface area contributed by atoms with Gasteiger partial charge in [-0.05, 0) is 29.8 Å². The van der Waals surface area contributed by atoms with Crippen LogP contribution in [0.1, 0.15) is 5.56 Å². The molecular weight excluding hydrogens is 288 g/mol. The fourth-order valence-corrected chi connectivity index (χ4v) is 1.96. The Morgan fingerprint density at radius 2 is 1.95 bits per heavy atom. The van der Waals surface area contributed by atoms with Gasteiger partial charge in [0, 0.05) is 23.3 Å². The van der Waals surface area contributed by atoms with Crippen molar-refractivity contribution >= 4 is 23.2 Å². The van der Waals surface area contributed by atoms with Gasteiger partial charge in [-0.2, -0.15) is 0 Å². The molecule has 21 heavy (non-hydrogen) atoms. The zero-order valence-electron chi connectivity index (χ0n) is 11.5. The standard InChI is InChI=1S/C16H17ClN2O2/c17-13-6-4-12(5-7-13)10-16(20)19-14-2-1-3-15(11-14)21-9-8-18/h1-7,11H,8-10,18H2,(H,19,20). The van der Waals surface area contributed by atoms with Crippen LogP contribution in [0, 0.1) is 0 Å². The summed E-state index contributed by atoms with van der Waals surface area (Å²) in [6.45, 7) is 0.898. The van der Waals surface area contributed by atoms with Gasteiger partial charge in [0.25, 0.3) is 0 Å². The van der Waals surface area contributed by atoms with Gasteiger partial charge >= 0.3 is 0 Å². The summed E-state index contributed by atoms with van der Waals surface area (Å²) in [5, 5.41) is 3.50. The lowest BCUT2D eigenvalue weighted by Gasteiger charge is -2.08. The predicted octanol–water partition coefficient (Wildman–Crippen LogP) is 2.86. The summed E-state index contributed by atoms with van der Waals surface area (Å²) < 4.78 is 5.42. The molecule has 0 radical (unpaired) electrons. The third kappa shape index (κ3) is 5.10. The van der Waals surface area contributed by atoms with Crippen LogP contribution in [0.3, 0.4) is 0 Å². The summed E-state index contributed by atoms with van der Waals surface area (Å²) >= 11 is 5.81. The smallest absolute Gasteiger partial charge is 0.228 e. The van der Waals surface area contributed by atoms with Crippen LogP contribution in [0.15, 0.2) is 48.5 Å². The molecule has 0 aliphatic heterocycles. The maximum atomic E-state index is 12.0. The third-order valence-electron chi connectivity index (χ3n) is 2.78. The normalized spacial score (nSPS) is 10.2. The summed E-state index contributed by atoms with van der Waals surface area (Å²) in [5.41, 5.74) is 6.99. The van der Waals surface area contributed by atoms with E-state index in [0.717, 1.165) is 5.56 Å². The van der Waals surface area contributed by atoms with E-state index in [1.807, 2.05) is 30.3 Å². The monoisotopic (exact) mass is 304 g/mol. The number of amides is 1. The number of ether oxygens (including phenoxy) is 1. The number of hydrogen-bond donors (Lipinski definition) is 2. The molecule has 2 rings (SSSR count). The number of rotatable bonds is 6. The summed E-state index contributed by atoms with van der Waals surface area (Å²) in [5.74, 6) is 0.595. The lowest BCUT2D eigenvalue weighted by molar-refractivity contribution is -0.115. The Bertz CT molecular complexity index is 599. The summed E-state index contributed by atoms with van der Waals surface area (Å²) in [7, 11) is 0. The topological polar surface area (TPSA) is 64.3 Å². The van der Waals surface area contributed by atoms with Crippen LogP contribution in [0.25, 0.3) is 0 Å². The molecule has 0 heterocycles. The molecule has 0 unspecified atom stereocenters. The van der Waals surface area contributed by atoms with Gasteiger partial charge in [0.2, 0.25) is 5.91 Å². The second-order valence-corrected chi connectivity index (χ2v) is 4.95. The zero-order chi connectivity index (χ0) is 15.1. The lowest BCUT2D eigenvalue weighted by atomic mass is 10.1. The van der Waals surface area contributed by atoms with Gasteiger partial charge in [-0.25, -0.2) is 0 Å². The molecule has 0 saturated carbocycles. The van der Waals surface area contributed by atoms with Gasteiger partial charge in [0.1, 0.15) is 12.4 Å². The molecule has 0 bridgehead atoms. The van der Waals surface area contributed by atoms with Crippen molar-refractivity contribution in [3.63, 3.8) is 0 Å². The average molecular weight is 305 g/mol. The largest absolute Gasteiger partial charge is 0.492 e. The Kier molecular flexibility index (Phi) is 5.60. The van der Waals surface area contributed by atoms with E-state index in [1.165, 1.54) is 0 Å². The van der Waals surface area contributed by atoms with Crippen LogP contribution in [0.2, 0.25) is 5.02 Å². The maximum absolute atomic E-state index is 12.0. The molecule has 0 saturated heterocycles. The highest BCUT2D eigenvalue weighted by molar-refractivity contribution is 6.30. The molecule has 2 aromatic carbocycles. The second kappa shape index (κ2) is 7.67. The highest BCUT2D eigenvalue weighted by atomic mass is 35.5. The lowest BCUT2D eigenvalue weighted by Crippen LogP contribution is -2.14. The molecule has 5 heteroatoms. The molecule has 0 atom stereocenters. The summed E-state index contributed by atoms with van der Waals surface area (Å²) in [6.07, 6.45) is 0.297. The van der Waals surface area contributed by atoms with Gasteiger partial charge in [-0.15, -0.1) is 0 Å². The first-order valence-corrected chi connectivity index (χ1v) is 7.02. The van der Waals surface area contributed by atoms with Crippen LogP contribution in [0.5, 0.6) is 5.75 Å². The van der Waals surface area contributed by atoms with Crippen LogP contribution < -0.4 is 15.8 Å². The van der Waals surface area contributed by atoms with Crippen molar-refractivity contribution in [3.8, 4) is 5.75 Å². The Morgan fingerprint density at radius 1 is 1.19 bits per heavy atom. The molecule has 0 spiro atoms. The Hall–Kier alpha value is -2.04. The van der Waals surface area contributed by atoms with Crippen LogP contribution in [-0.2, 0) is 11.2 Å². The number of anilines is 1. The second-order valence-electron chi connectivity index (χ2n) is 4.52. The minimum absolute atomic E-state index is 0.0895. The first kappa shape index (κ1) is 15.4. The number of benzene rings is 2. The first-order valence-electron chi connectivity index (χ1n) is 6.64. The number of halogens is 1. The minimum Gasteiger partial charge on any atom is -0.492 e. The highest BCUT2D eigenvalue weighted by Gasteiger charge is 2.05. The van der Waals surface area contributed by atoms with E-state index in [2.05, 4.69) is 5.32 Å². The molecule has 1 amide bonds. The Morgan fingerprint density at radius 3 is 2.67 bits per heavy atom. The van der Waals surface area contributed by atoms with Crippen molar-refractivity contribution in [1.82, 2.24) is 0 Å². The van der Waals surface area contributed by atoms with Crippen LogP contribution >= 0.6 is 11.6 Å².